The third-order valence-electron chi connectivity index (χ3n) is 2.75. The van der Waals surface area contributed by atoms with Gasteiger partial charge in [-0.3, -0.25) is 0 Å². The summed E-state index contributed by atoms with van der Waals surface area (Å²) in [7, 11) is 1.43. The molecule has 0 aliphatic heterocycles. The molecule has 96 valence electrons. The van der Waals surface area contributed by atoms with Gasteiger partial charge in [-0.2, -0.15) is 0 Å². The van der Waals surface area contributed by atoms with Gasteiger partial charge in [0.25, 0.3) is 0 Å². The van der Waals surface area contributed by atoms with Crippen molar-refractivity contribution in [2.75, 3.05) is 7.11 Å². The zero-order valence-electron chi connectivity index (χ0n) is 10.2. The molecule has 0 fully saturated rings. The summed E-state index contributed by atoms with van der Waals surface area (Å²) in [6.45, 7) is 1.97. The number of aromatic nitrogens is 2. The molecular formula is C12H14FN3OS. The van der Waals surface area contributed by atoms with Gasteiger partial charge in [0.05, 0.1) is 23.7 Å². The number of methoxy groups -OCH3 is 1. The van der Waals surface area contributed by atoms with Gasteiger partial charge in [-0.25, -0.2) is 4.39 Å². The standard InChI is InChI=1S/C12H14FN3OS/c1-3-8-12(18-16-15-8)11(14)7-5-4-6-9(17-2)10(7)13/h4-6,11H,3,14H2,1-2H3. The van der Waals surface area contributed by atoms with Gasteiger partial charge in [0, 0.05) is 5.56 Å². The number of nitrogens with zero attached hydrogens (tertiary/aromatic N) is 2. The number of ether oxygens (including phenoxy) is 1. The molecule has 4 nitrogen and oxygen atoms in total. The lowest BCUT2D eigenvalue weighted by molar-refractivity contribution is 0.383. The minimum atomic E-state index is -0.560. The lowest BCUT2D eigenvalue weighted by Crippen LogP contribution is -2.14. The maximum Gasteiger partial charge on any atom is 0.170 e. The van der Waals surface area contributed by atoms with E-state index >= 15 is 0 Å². The highest BCUT2D eigenvalue weighted by Gasteiger charge is 2.21. The number of aryl methyl sites for hydroxylation is 1. The molecule has 0 aliphatic carbocycles. The van der Waals surface area contributed by atoms with Crippen LogP contribution < -0.4 is 10.5 Å². The van der Waals surface area contributed by atoms with Crippen LogP contribution >= 0.6 is 11.5 Å². The Kier molecular flexibility index (Phi) is 3.88. The minimum Gasteiger partial charge on any atom is -0.494 e. The van der Waals surface area contributed by atoms with Crippen molar-refractivity contribution in [3.63, 3.8) is 0 Å². The highest BCUT2D eigenvalue weighted by molar-refractivity contribution is 7.05. The van der Waals surface area contributed by atoms with Crippen molar-refractivity contribution in [3.05, 3.63) is 40.2 Å². The van der Waals surface area contributed by atoms with Crippen molar-refractivity contribution in [3.8, 4) is 5.75 Å². The Labute approximate surface area is 109 Å². The maximum atomic E-state index is 14.1. The fourth-order valence-electron chi connectivity index (χ4n) is 1.76. The van der Waals surface area contributed by atoms with Crippen LogP contribution in [0.3, 0.4) is 0 Å². The number of halogens is 1. The molecule has 2 rings (SSSR count). The van der Waals surface area contributed by atoms with Crippen molar-refractivity contribution in [1.29, 1.82) is 0 Å². The lowest BCUT2D eigenvalue weighted by atomic mass is 10.0. The quantitative estimate of drug-likeness (QED) is 0.923. The van der Waals surface area contributed by atoms with Gasteiger partial charge in [-0.15, -0.1) is 5.10 Å². The minimum absolute atomic E-state index is 0.193. The highest BCUT2D eigenvalue weighted by atomic mass is 32.1. The van der Waals surface area contributed by atoms with E-state index in [2.05, 4.69) is 9.59 Å². The van der Waals surface area contributed by atoms with E-state index in [1.807, 2.05) is 6.92 Å². The van der Waals surface area contributed by atoms with E-state index < -0.39 is 11.9 Å². The highest BCUT2D eigenvalue weighted by Crippen LogP contribution is 2.30. The van der Waals surface area contributed by atoms with E-state index in [1.54, 1.807) is 18.2 Å². The molecule has 2 aromatic rings. The van der Waals surface area contributed by atoms with Crippen molar-refractivity contribution < 1.29 is 9.13 Å². The summed E-state index contributed by atoms with van der Waals surface area (Å²) in [6, 6.07) is 4.38. The summed E-state index contributed by atoms with van der Waals surface area (Å²) in [5.74, 6) is -0.235. The first kappa shape index (κ1) is 12.9. The van der Waals surface area contributed by atoms with Gasteiger partial charge in [-0.1, -0.05) is 23.5 Å². The van der Waals surface area contributed by atoms with E-state index in [-0.39, 0.29) is 5.75 Å². The number of hydrogen-bond acceptors (Lipinski definition) is 5. The molecule has 1 aromatic heterocycles. The third-order valence-corrected chi connectivity index (χ3v) is 3.60. The Morgan fingerprint density at radius 2 is 2.28 bits per heavy atom. The van der Waals surface area contributed by atoms with Crippen LogP contribution in [0.4, 0.5) is 4.39 Å². The van der Waals surface area contributed by atoms with Crippen LogP contribution in [-0.2, 0) is 6.42 Å². The molecule has 0 bridgehead atoms. The topological polar surface area (TPSA) is 61.0 Å². The Morgan fingerprint density at radius 3 is 2.94 bits per heavy atom. The summed E-state index contributed by atoms with van der Waals surface area (Å²) in [5, 5.41) is 3.99. The number of benzene rings is 1. The second-order valence-corrected chi connectivity index (χ2v) is 4.56. The molecule has 18 heavy (non-hydrogen) atoms. The molecule has 1 atom stereocenters. The Bertz CT molecular complexity index is 544. The van der Waals surface area contributed by atoms with Gasteiger partial charge < -0.3 is 10.5 Å². The van der Waals surface area contributed by atoms with Gasteiger partial charge in [-0.05, 0) is 24.0 Å². The Balaban J connectivity index is 2.43. The van der Waals surface area contributed by atoms with E-state index in [0.29, 0.717) is 5.56 Å². The molecular weight excluding hydrogens is 253 g/mol. The van der Waals surface area contributed by atoms with E-state index in [4.69, 9.17) is 10.5 Å². The number of nitrogens with two attached hydrogens (primary N) is 1. The first-order chi connectivity index (χ1) is 8.69. The summed E-state index contributed by atoms with van der Waals surface area (Å²) >= 11 is 1.21. The average molecular weight is 267 g/mol. The van der Waals surface area contributed by atoms with Crippen LogP contribution in [0.1, 0.15) is 29.1 Å². The van der Waals surface area contributed by atoms with Crippen LogP contribution in [0, 0.1) is 5.82 Å². The number of rotatable bonds is 4. The molecule has 0 saturated carbocycles. The van der Waals surface area contributed by atoms with Crippen LogP contribution in [0.2, 0.25) is 0 Å². The van der Waals surface area contributed by atoms with E-state index in [1.165, 1.54) is 18.6 Å². The van der Waals surface area contributed by atoms with Crippen molar-refractivity contribution >= 4 is 11.5 Å². The molecule has 0 saturated heterocycles. The molecule has 6 heteroatoms. The van der Waals surface area contributed by atoms with Gasteiger partial charge in [0.15, 0.2) is 11.6 Å². The average Bonchev–Trinajstić information content (AvgIpc) is 2.86. The monoisotopic (exact) mass is 267 g/mol. The lowest BCUT2D eigenvalue weighted by Gasteiger charge is -2.13. The van der Waals surface area contributed by atoms with E-state index in [0.717, 1.165) is 17.0 Å². The molecule has 0 amide bonds. The second kappa shape index (κ2) is 5.41. The Hall–Kier alpha value is -1.53. The molecule has 2 N–H and O–H groups in total. The van der Waals surface area contributed by atoms with Crippen molar-refractivity contribution in [1.82, 2.24) is 9.59 Å². The molecule has 0 aliphatic rings. The molecule has 1 unspecified atom stereocenters. The summed E-state index contributed by atoms with van der Waals surface area (Å²) < 4.78 is 22.9. The SMILES string of the molecule is CCc1nnsc1C(N)c1cccc(OC)c1F. The molecule has 1 heterocycles. The zero-order valence-corrected chi connectivity index (χ0v) is 11.0. The van der Waals surface area contributed by atoms with Crippen LogP contribution in [0.25, 0.3) is 0 Å². The first-order valence-corrected chi connectivity index (χ1v) is 6.35. The first-order valence-electron chi connectivity index (χ1n) is 5.58. The summed E-state index contributed by atoms with van der Waals surface area (Å²) in [6.07, 6.45) is 0.727. The van der Waals surface area contributed by atoms with Gasteiger partial charge in [0.1, 0.15) is 0 Å². The van der Waals surface area contributed by atoms with Gasteiger partial charge in [0.2, 0.25) is 0 Å². The second-order valence-electron chi connectivity index (χ2n) is 3.78. The molecule has 0 spiro atoms. The van der Waals surface area contributed by atoms with Gasteiger partial charge >= 0.3 is 0 Å². The fraction of sp³-hybridized carbons (Fsp3) is 0.333. The fourth-order valence-corrected chi connectivity index (χ4v) is 2.52. The predicted molar refractivity (Wildman–Crippen MR) is 68.3 cm³/mol. The third kappa shape index (κ3) is 2.21. The largest absolute Gasteiger partial charge is 0.494 e. The molecule has 1 aromatic carbocycles. The molecule has 0 radical (unpaired) electrons. The smallest absolute Gasteiger partial charge is 0.170 e. The maximum absolute atomic E-state index is 14.1. The Morgan fingerprint density at radius 1 is 1.50 bits per heavy atom. The van der Waals surface area contributed by atoms with Crippen molar-refractivity contribution in [2.24, 2.45) is 5.73 Å². The predicted octanol–water partition coefficient (Wildman–Crippen LogP) is 2.30. The van der Waals surface area contributed by atoms with Crippen LogP contribution in [-0.4, -0.2) is 16.7 Å². The summed E-state index contributed by atoms with van der Waals surface area (Å²) in [5.41, 5.74) is 7.31. The van der Waals surface area contributed by atoms with Crippen LogP contribution in [0.15, 0.2) is 18.2 Å². The summed E-state index contributed by atoms with van der Waals surface area (Å²) in [4.78, 5) is 0.796. The zero-order chi connectivity index (χ0) is 13.1. The van der Waals surface area contributed by atoms with Crippen molar-refractivity contribution in [2.45, 2.75) is 19.4 Å². The van der Waals surface area contributed by atoms with E-state index in [9.17, 15) is 4.39 Å². The van der Waals surface area contributed by atoms with Crippen LogP contribution in [0.5, 0.6) is 5.75 Å². The number of hydrogen-bond donors (Lipinski definition) is 1. The normalized spacial score (nSPS) is 12.4.